The van der Waals surface area contributed by atoms with Gasteiger partial charge < -0.3 is 31.5 Å². The summed E-state index contributed by atoms with van der Waals surface area (Å²) in [5, 5.41) is 61.9. The number of halogens is 2. The Kier molecular flexibility index (Phi) is 13.3. The summed E-state index contributed by atoms with van der Waals surface area (Å²) < 4.78 is 0. The highest BCUT2D eigenvalue weighted by molar-refractivity contribution is 6.28. The molecule has 0 bridgehead atoms. The van der Waals surface area contributed by atoms with Crippen LogP contribution in [0.2, 0.25) is 10.6 Å². The largest absolute Gasteiger partial charge is 0.505 e. The van der Waals surface area contributed by atoms with Gasteiger partial charge in [-0.2, -0.15) is 40.1 Å². The molecule has 0 spiro atoms. The lowest BCUT2D eigenvalue weighted by molar-refractivity contribution is 0.482. The third-order valence-corrected chi connectivity index (χ3v) is 13.3. The smallest absolute Gasteiger partial charge is 0.233 e. The molecule has 6 N–H and O–H groups in total. The molecule has 2 aromatic heterocycles. The summed E-state index contributed by atoms with van der Waals surface area (Å²) in [5.41, 5.74) is 10.9. The molecule has 0 atom stereocenters. The zero-order chi connectivity index (χ0) is 51.9. The van der Waals surface area contributed by atoms with Crippen LogP contribution in [0.4, 0.5) is 57.9 Å². The van der Waals surface area contributed by atoms with Crippen molar-refractivity contribution >= 4 is 124 Å². The van der Waals surface area contributed by atoms with Crippen LogP contribution in [-0.2, 0) is 0 Å². The normalized spacial score (nSPS) is 11.8. The molecular formula is C56H50Cl2N14O2. The number of aromatic nitrogens is 6. The van der Waals surface area contributed by atoms with Crippen LogP contribution in [0, 0.1) is 55.4 Å². The number of fused-ring (bicyclic) bond motifs is 4. The average molecular weight is 1020 g/mol. The summed E-state index contributed by atoms with van der Waals surface area (Å²) >= 11 is 12.9. The lowest BCUT2D eigenvalue weighted by Crippen LogP contribution is -2.17. The number of hydrogen-bond donors (Lipinski definition) is 6. The topological polar surface area (TPSA) is 215 Å². The number of aromatic hydroxyl groups is 2. The van der Waals surface area contributed by atoms with Crippen molar-refractivity contribution in [1.82, 2.24) is 29.9 Å². The number of nitrogens with one attached hydrogen (secondary N) is 4. The monoisotopic (exact) mass is 1020 g/mol. The second-order valence-electron chi connectivity index (χ2n) is 18.4. The minimum atomic E-state index is -0.0551. The quantitative estimate of drug-likeness (QED) is 0.0470. The SMILES string of the molecule is Cc1cc(Nc2nc(Cl)nc(NCCNc3nc(Cl)nc(Nc4cc(C)cc5cc(C)c(N=Nc6ccc7c(C)cccc7c6C)c(O)c45)n3)n2)c2c(O)c(N=Nc3ccc4c(C)cccc4c3C)c(C)cc2c1. The van der Waals surface area contributed by atoms with Gasteiger partial charge in [0.15, 0.2) is 11.5 Å². The van der Waals surface area contributed by atoms with Crippen LogP contribution < -0.4 is 21.3 Å². The lowest BCUT2D eigenvalue weighted by atomic mass is 10.00. The van der Waals surface area contributed by atoms with E-state index in [0.717, 1.165) is 65.7 Å². The van der Waals surface area contributed by atoms with Crippen molar-refractivity contribution in [2.75, 3.05) is 34.4 Å². The minimum Gasteiger partial charge on any atom is -0.505 e. The summed E-state index contributed by atoms with van der Waals surface area (Å²) in [4.78, 5) is 26.4. The molecule has 10 aromatic rings. The Balaban J connectivity index is 0.841. The van der Waals surface area contributed by atoms with Crippen molar-refractivity contribution in [3.05, 3.63) is 152 Å². The zero-order valence-electron chi connectivity index (χ0n) is 41.8. The van der Waals surface area contributed by atoms with E-state index in [9.17, 15) is 10.2 Å². The van der Waals surface area contributed by atoms with Gasteiger partial charge in [-0.15, -0.1) is 10.2 Å². The molecule has 16 nitrogen and oxygen atoms in total. The molecule has 74 heavy (non-hydrogen) atoms. The van der Waals surface area contributed by atoms with Gasteiger partial charge in [0.2, 0.25) is 34.4 Å². The van der Waals surface area contributed by atoms with Gasteiger partial charge in [-0.1, -0.05) is 60.7 Å². The van der Waals surface area contributed by atoms with E-state index in [2.05, 4.69) is 110 Å². The molecule has 18 heteroatoms. The Hall–Kier alpha value is -8.60. The standard InChI is InChI=1S/C56H50Cl2N14O2/c1-27-21-35-25-31(5)47(71-69-41-17-15-37-29(3)11-9-13-39(37)33(41)7)49(73)45(35)43(23-27)61-55-65-51(57)63-53(67-55)59-19-20-60-54-64-52(58)66-56(68-54)62-44-24-28(2)22-36-26-32(6)48(50(74)46(36)44)72-70-42-18-16-38-30(4)12-10-14-40(38)34(42)8/h9-18,21-26,73-74H,19-20H2,1-8H3,(H2,59,61,63,65,67)(H2,60,62,64,66,68). The van der Waals surface area contributed by atoms with Crippen LogP contribution in [-0.4, -0.2) is 53.2 Å². The van der Waals surface area contributed by atoms with E-state index >= 15 is 0 Å². The Morgan fingerprint density at radius 1 is 0.432 bits per heavy atom. The van der Waals surface area contributed by atoms with Crippen LogP contribution in [0.15, 0.2) is 118 Å². The van der Waals surface area contributed by atoms with Crippen LogP contribution >= 0.6 is 23.2 Å². The van der Waals surface area contributed by atoms with Crippen molar-refractivity contribution in [1.29, 1.82) is 0 Å². The first-order chi connectivity index (χ1) is 35.6. The fraction of sp³-hybridized carbons (Fsp3) is 0.179. The molecule has 0 saturated carbocycles. The fourth-order valence-corrected chi connectivity index (χ4v) is 9.66. The summed E-state index contributed by atoms with van der Waals surface area (Å²) in [7, 11) is 0. The molecular weight excluding hydrogens is 972 g/mol. The number of aryl methyl sites for hydroxylation is 8. The predicted molar refractivity (Wildman–Crippen MR) is 299 cm³/mol. The number of nitrogens with zero attached hydrogens (tertiary/aromatic N) is 10. The zero-order valence-corrected chi connectivity index (χ0v) is 43.3. The van der Waals surface area contributed by atoms with Crippen LogP contribution in [0.3, 0.4) is 0 Å². The van der Waals surface area contributed by atoms with Gasteiger partial charge in [0.05, 0.1) is 22.7 Å². The van der Waals surface area contributed by atoms with Gasteiger partial charge in [-0.3, -0.25) is 0 Å². The van der Waals surface area contributed by atoms with E-state index in [-0.39, 0.29) is 45.9 Å². The van der Waals surface area contributed by atoms with E-state index in [0.29, 0.717) is 58.0 Å². The van der Waals surface area contributed by atoms with Gasteiger partial charge in [0, 0.05) is 23.9 Å². The first-order valence-corrected chi connectivity index (χ1v) is 24.5. The van der Waals surface area contributed by atoms with Crippen LogP contribution in [0.1, 0.15) is 44.5 Å². The van der Waals surface area contributed by atoms with Gasteiger partial charge in [0.25, 0.3) is 0 Å². The fourth-order valence-electron chi connectivity index (χ4n) is 9.34. The minimum absolute atomic E-state index is 0.0440. The van der Waals surface area contributed by atoms with Gasteiger partial charge in [-0.05, 0) is 192 Å². The summed E-state index contributed by atoms with van der Waals surface area (Å²) in [6.07, 6.45) is 0. The number of azo groups is 2. The molecule has 0 unspecified atom stereocenters. The molecule has 0 saturated heterocycles. The summed E-state index contributed by atoms with van der Waals surface area (Å²) in [6.45, 7) is 16.5. The third kappa shape index (κ3) is 9.84. The maximum Gasteiger partial charge on any atom is 0.233 e. The van der Waals surface area contributed by atoms with Crippen molar-refractivity contribution in [2.24, 2.45) is 20.5 Å². The molecule has 0 aliphatic carbocycles. The number of phenolic OH excluding ortho intramolecular Hbond substituents is 2. The number of hydrogen-bond acceptors (Lipinski definition) is 16. The summed E-state index contributed by atoms with van der Waals surface area (Å²) in [5.74, 6) is 0.594. The lowest BCUT2D eigenvalue weighted by Gasteiger charge is -2.15. The Morgan fingerprint density at radius 3 is 1.26 bits per heavy atom. The highest BCUT2D eigenvalue weighted by Crippen LogP contribution is 2.46. The Bertz CT molecular complexity index is 3720. The van der Waals surface area contributed by atoms with Crippen molar-refractivity contribution in [2.45, 2.75) is 55.4 Å². The molecule has 0 radical (unpaired) electrons. The molecule has 0 fully saturated rings. The maximum atomic E-state index is 11.8. The molecule has 8 aromatic carbocycles. The van der Waals surface area contributed by atoms with E-state index in [1.807, 2.05) is 114 Å². The first kappa shape index (κ1) is 49.0. The van der Waals surface area contributed by atoms with Crippen LogP contribution in [0.25, 0.3) is 43.1 Å². The predicted octanol–water partition coefficient (Wildman–Crippen LogP) is 15.7. The molecule has 2 heterocycles. The molecule has 0 aliphatic heterocycles. The number of benzene rings is 8. The van der Waals surface area contributed by atoms with Crippen molar-refractivity contribution in [3.63, 3.8) is 0 Å². The molecule has 0 aliphatic rings. The van der Waals surface area contributed by atoms with Crippen LogP contribution in [0.5, 0.6) is 11.5 Å². The Labute approximate surface area is 436 Å². The van der Waals surface area contributed by atoms with E-state index in [4.69, 9.17) is 23.2 Å². The van der Waals surface area contributed by atoms with Gasteiger partial charge in [0.1, 0.15) is 11.4 Å². The number of anilines is 6. The molecule has 370 valence electrons. The van der Waals surface area contributed by atoms with Gasteiger partial charge in [-0.25, -0.2) is 0 Å². The third-order valence-electron chi connectivity index (χ3n) is 13.0. The highest BCUT2D eigenvalue weighted by atomic mass is 35.5. The first-order valence-electron chi connectivity index (χ1n) is 23.8. The van der Waals surface area contributed by atoms with Crippen molar-refractivity contribution < 1.29 is 10.2 Å². The Morgan fingerprint density at radius 2 is 0.838 bits per heavy atom. The van der Waals surface area contributed by atoms with Crippen molar-refractivity contribution in [3.8, 4) is 11.5 Å². The average Bonchev–Trinajstić information content (AvgIpc) is 3.34. The second-order valence-corrected chi connectivity index (χ2v) is 19.0. The number of rotatable bonds is 13. The van der Waals surface area contributed by atoms with E-state index in [1.165, 1.54) is 11.1 Å². The number of phenols is 2. The summed E-state index contributed by atoms with van der Waals surface area (Å²) in [6, 6.07) is 32.0. The van der Waals surface area contributed by atoms with Gasteiger partial charge >= 0.3 is 0 Å². The molecule has 0 amide bonds. The maximum absolute atomic E-state index is 11.8. The van der Waals surface area contributed by atoms with E-state index < -0.39 is 0 Å². The second kappa shape index (κ2) is 20.1. The highest BCUT2D eigenvalue weighted by Gasteiger charge is 2.19. The molecule has 10 rings (SSSR count). The van der Waals surface area contributed by atoms with E-state index in [1.54, 1.807) is 0 Å².